The Kier molecular flexibility index (Phi) is 4.57. The molecule has 0 aromatic carbocycles. The summed E-state index contributed by atoms with van der Waals surface area (Å²) in [4.78, 5) is 29.1. The maximum atomic E-state index is 12.2. The standard InChI is InChI=1S/C16H17N5O2S/c1-11-9-13(24-10-11)15(22)18-7-8-21-16(23)20(2)14(19-21)12-5-3-4-6-17-12/h3-6,9-10H,7-8H2,1-2H3,(H,18,22). The summed E-state index contributed by atoms with van der Waals surface area (Å²) in [5, 5.41) is 9.04. The average molecular weight is 343 g/mol. The number of pyridine rings is 1. The molecule has 1 amide bonds. The summed E-state index contributed by atoms with van der Waals surface area (Å²) in [7, 11) is 1.66. The summed E-state index contributed by atoms with van der Waals surface area (Å²) in [6.45, 7) is 2.57. The maximum absolute atomic E-state index is 12.2. The molecule has 0 atom stereocenters. The molecule has 0 saturated heterocycles. The van der Waals surface area contributed by atoms with Crippen LogP contribution < -0.4 is 11.0 Å². The Bertz CT molecular complexity index is 910. The summed E-state index contributed by atoms with van der Waals surface area (Å²) in [6.07, 6.45) is 1.65. The van der Waals surface area contributed by atoms with E-state index in [4.69, 9.17) is 0 Å². The van der Waals surface area contributed by atoms with Gasteiger partial charge in [-0.25, -0.2) is 9.48 Å². The molecule has 0 bridgehead atoms. The molecule has 3 heterocycles. The number of carbonyl (C=O) groups excluding carboxylic acids is 1. The SMILES string of the molecule is Cc1csc(C(=O)NCCn2nc(-c3ccccn3)n(C)c2=O)c1. The predicted octanol–water partition coefficient (Wildman–Crippen LogP) is 1.44. The van der Waals surface area contributed by atoms with Gasteiger partial charge in [0.1, 0.15) is 5.69 Å². The highest BCUT2D eigenvalue weighted by atomic mass is 32.1. The van der Waals surface area contributed by atoms with Gasteiger partial charge >= 0.3 is 5.69 Å². The van der Waals surface area contributed by atoms with Crippen LogP contribution in [-0.4, -0.2) is 31.8 Å². The van der Waals surface area contributed by atoms with E-state index in [1.165, 1.54) is 20.6 Å². The molecule has 0 saturated carbocycles. The van der Waals surface area contributed by atoms with Crippen molar-refractivity contribution in [3.63, 3.8) is 0 Å². The molecule has 0 spiro atoms. The number of nitrogens with one attached hydrogen (secondary N) is 1. The second-order valence-corrected chi connectivity index (χ2v) is 6.26. The highest BCUT2D eigenvalue weighted by Gasteiger charge is 2.13. The number of thiophene rings is 1. The van der Waals surface area contributed by atoms with Crippen LogP contribution in [0.1, 0.15) is 15.2 Å². The van der Waals surface area contributed by atoms with Crippen LogP contribution in [-0.2, 0) is 13.6 Å². The summed E-state index contributed by atoms with van der Waals surface area (Å²) < 4.78 is 2.79. The smallest absolute Gasteiger partial charge is 0.346 e. The third-order valence-corrected chi connectivity index (χ3v) is 4.55. The largest absolute Gasteiger partial charge is 0.349 e. The Hall–Kier alpha value is -2.74. The average Bonchev–Trinajstić information content (AvgIpc) is 3.14. The van der Waals surface area contributed by atoms with E-state index in [1.807, 2.05) is 24.4 Å². The van der Waals surface area contributed by atoms with Crippen LogP contribution in [0.15, 0.2) is 40.6 Å². The molecule has 3 rings (SSSR count). The molecule has 0 aliphatic heterocycles. The number of hydrogen-bond donors (Lipinski definition) is 1. The summed E-state index contributed by atoms with van der Waals surface area (Å²) >= 11 is 1.40. The Labute approximate surface area is 142 Å². The molecule has 3 aromatic rings. The third-order valence-electron chi connectivity index (χ3n) is 3.50. The van der Waals surface area contributed by atoms with Crippen LogP contribution in [0.25, 0.3) is 11.5 Å². The number of aromatic nitrogens is 4. The Balaban J connectivity index is 1.68. The highest BCUT2D eigenvalue weighted by molar-refractivity contribution is 7.12. The lowest BCUT2D eigenvalue weighted by molar-refractivity contribution is 0.0956. The fourth-order valence-electron chi connectivity index (χ4n) is 2.26. The molecule has 3 aromatic heterocycles. The first-order valence-electron chi connectivity index (χ1n) is 7.45. The van der Waals surface area contributed by atoms with Gasteiger partial charge in [-0.15, -0.1) is 16.4 Å². The minimum absolute atomic E-state index is 0.137. The van der Waals surface area contributed by atoms with Gasteiger partial charge in [-0.3, -0.25) is 14.3 Å². The molecular formula is C16H17N5O2S. The van der Waals surface area contributed by atoms with Gasteiger partial charge in [0.15, 0.2) is 5.82 Å². The zero-order chi connectivity index (χ0) is 17.1. The summed E-state index contributed by atoms with van der Waals surface area (Å²) in [5.41, 5.74) is 1.46. The minimum Gasteiger partial charge on any atom is -0.349 e. The lowest BCUT2D eigenvalue weighted by Gasteiger charge is -2.02. The van der Waals surface area contributed by atoms with Gasteiger partial charge in [0.25, 0.3) is 5.91 Å². The molecular weight excluding hydrogens is 326 g/mol. The van der Waals surface area contributed by atoms with Crippen molar-refractivity contribution >= 4 is 17.2 Å². The quantitative estimate of drug-likeness (QED) is 0.760. The van der Waals surface area contributed by atoms with E-state index in [9.17, 15) is 9.59 Å². The van der Waals surface area contributed by atoms with Gasteiger partial charge in [-0.1, -0.05) is 6.07 Å². The van der Waals surface area contributed by atoms with Crippen molar-refractivity contribution in [3.8, 4) is 11.5 Å². The molecule has 124 valence electrons. The zero-order valence-electron chi connectivity index (χ0n) is 13.4. The molecule has 1 N–H and O–H groups in total. The van der Waals surface area contributed by atoms with Crippen molar-refractivity contribution in [1.29, 1.82) is 0 Å². The lowest BCUT2D eigenvalue weighted by atomic mass is 10.3. The van der Waals surface area contributed by atoms with Gasteiger partial charge in [0.05, 0.1) is 11.4 Å². The second kappa shape index (κ2) is 6.79. The molecule has 0 aliphatic carbocycles. The fourth-order valence-corrected chi connectivity index (χ4v) is 3.08. The van der Waals surface area contributed by atoms with Crippen molar-refractivity contribution in [1.82, 2.24) is 24.6 Å². The van der Waals surface area contributed by atoms with Crippen LogP contribution >= 0.6 is 11.3 Å². The molecule has 0 fully saturated rings. The predicted molar refractivity (Wildman–Crippen MR) is 92.1 cm³/mol. The van der Waals surface area contributed by atoms with E-state index < -0.39 is 0 Å². The Morgan fingerprint density at radius 1 is 1.38 bits per heavy atom. The molecule has 0 unspecified atom stereocenters. The monoisotopic (exact) mass is 343 g/mol. The first-order valence-corrected chi connectivity index (χ1v) is 8.33. The van der Waals surface area contributed by atoms with Crippen LogP contribution in [0.2, 0.25) is 0 Å². The molecule has 0 radical (unpaired) electrons. The van der Waals surface area contributed by atoms with Crippen molar-refractivity contribution in [2.24, 2.45) is 7.05 Å². The number of carbonyl (C=O) groups is 1. The number of hydrogen-bond acceptors (Lipinski definition) is 5. The Morgan fingerprint density at radius 2 is 2.21 bits per heavy atom. The number of aryl methyl sites for hydroxylation is 1. The van der Waals surface area contributed by atoms with Gasteiger partial charge in [-0.2, -0.15) is 0 Å². The Morgan fingerprint density at radius 3 is 2.88 bits per heavy atom. The molecule has 24 heavy (non-hydrogen) atoms. The van der Waals surface area contributed by atoms with Gasteiger partial charge < -0.3 is 5.32 Å². The lowest BCUT2D eigenvalue weighted by Crippen LogP contribution is -2.31. The highest BCUT2D eigenvalue weighted by Crippen LogP contribution is 2.13. The third kappa shape index (κ3) is 3.28. The van der Waals surface area contributed by atoms with Crippen LogP contribution in [0.3, 0.4) is 0 Å². The van der Waals surface area contributed by atoms with Crippen molar-refractivity contribution in [3.05, 3.63) is 56.8 Å². The normalized spacial score (nSPS) is 10.8. The number of rotatable bonds is 5. The maximum Gasteiger partial charge on any atom is 0.346 e. The second-order valence-electron chi connectivity index (χ2n) is 5.35. The fraction of sp³-hybridized carbons (Fsp3) is 0.250. The van der Waals surface area contributed by atoms with E-state index in [-0.39, 0.29) is 11.6 Å². The first-order chi connectivity index (χ1) is 11.6. The van der Waals surface area contributed by atoms with Crippen molar-refractivity contribution in [2.45, 2.75) is 13.5 Å². The van der Waals surface area contributed by atoms with E-state index in [2.05, 4.69) is 15.4 Å². The van der Waals surface area contributed by atoms with Gasteiger partial charge in [0, 0.05) is 19.8 Å². The van der Waals surface area contributed by atoms with Crippen molar-refractivity contribution < 1.29 is 4.79 Å². The summed E-state index contributed by atoms with van der Waals surface area (Å²) in [6, 6.07) is 7.29. The van der Waals surface area contributed by atoms with Gasteiger partial charge in [-0.05, 0) is 36.1 Å². The molecule has 7 nitrogen and oxygen atoms in total. The minimum atomic E-state index is -0.239. The zero-order valence-corrected chi connectivity index (χ0v) is 14.2. The van der Waals surface area contributed by atoms with E-state index in [0.717, 1.165) is 5.56 Å². The van der Waals surface area contributed by atoms with E-state index in [1.54, 1.807) is 25.4 Å². The number of nitrogens with zero attached hydrogens (tertiary/aromatic N) is 4. The molecule has 0 aliphatic rings. The first kappa shape index (κ1) is 16.1. The summed E-state index contributed by atoms with van der Waals surface area (Å²) in [5.74, 6) is 0.364. The number of amides is 1. The van der Waals surface area contributed by atoms with Crippen LogP contribution in [0.4, 0.5) is 0 Å². The van der Waals surface area contributed by atoms with E-state index >= 15 is 0 Å². The van der Waals surface area contributed by atoms with Gasteiger partial charge in [0.2, 0.25) is 0 Å². The van der Waals surface area contributed by atoms with Crippen LogP contribution in [0.5, 0.6) is 0 Å². The topological polar surface area (TPSA) is 81.8 Å². The molecule has 8 heteroatoms. The van der Waals surface area contributed by atoms with Crippen LogP contribution in [0, 0.1) is 6.92 Å². The van der Waals surface area contributed by atoms with Crippen molar-refractivity contribution in [2.75, 3.05) is 6.54 Å². The van der Waals surface area contributed by atoms with E-state index in [0.29, 0.717) is 29.5 Å².